The van der Waals surface area contributed by atoms with Gasteiger partial charge in [-0.05, 0) is 35.9 Å². The molecule has 2 aromatic carbocycles. The normalized spacial score (nSPS) is 18.6. The Balaban J connectivity index is 2.08. The maximum Gasteiger partial charge on any atom is 0.428 e. The lowest BCUT2D eigenvalue weighted by Crippen LogP contribution is -2.43. The maximum atomic E-state index is 14.2. The molecule has 0 aliphatic carbocycles. The number of hydrogen-bond donors (Lipinski definition) is 2. The van der Waals surface area contributed by atoms with Gasteiger partial charge in [0.25, 0.3) is 0 Å². The molecule has 202 valence electrons. The SMILES string of the molecule is O=C(NCc1ccc(C2=CC(c3cc(C(F)(F)F)cc(C(F)(F)F)c3)(C(F)(F)F)ON2)cc1Cl)C(Br)Br. The predicted octanol–water partition coefficient (Wildman–Crippen LogP) is 7.44. The Kier molecular flexibility index (Phi) is 8.24. The van der Waals surface area contributed by atoms with Crippen LogP contribution in [0.1, 0.15) is 27.8 Å². The first-order valence-corrected chi connectivity index (χ1v) is 11.9. The molecule has 2 N–H and O–H groups in total. The summed E-state index contributed by atoms with van der Waals surface area (Å²) in [6.07, 6.45) is -15.9. The zero-order valence-electron chi connectivity index (χ0n) is 17.7. The first-order valence-electron chi connectivity index (χ1n) is 9.73. The number of nitrogens with one attached hydrogen (secondary N) is 2. The Morgan fingerprint density at radius 3 is 2.00 bits per heavy atom. The van der Waals surface area contributed by atoms with Crippen LogP contribution in [0.2, 0.25) is 5.02 Å². The van der Waals surface area contributed by atoms with Gasteiger partial charge in [0, 0.05) is 22.7 Å². The lowest BCUT2D eigenvalue weighted by molar-refractivity contribution is -0.269. The van der Waals surface area contributed by atoms with E-state index in [9.17, 15) is 44.3 Å². The molecule has 1 aliphatic heterocycles. The Hall–Kier alpha value is -1.97. The molecule has 3 rings (SSSR count). The van der Waals surface area contributed by atoms with E-state index >= 15 is 0 Å². The van der Waals surface area contributed by atoms with Gasteiger partial charge in [0.05, 0.1) is 16.8 Å². The largest absolute Gasteiger partial charge is 0.428 e. The molecule has 4 nitrogen and oxygen atoms in total. The summed E-state index contributed by atoms with van der Waals surface area (Å²) in [5, 5.41) is 2.52. The summed E-state index contributed by atoms with van der Waals surface area (Å²) in [5.74, 6) is -0.442. The van der Waals surface area contributed by atoms with Crippen LogP contribution in [-0.2, 0) is 34.1 Å². The highest BCUT2D eigenvalue weighted by molar-refractivity contribution is 9.25. The predicted molar refractivity (Wildman–Crippen MR) is 121 cm³/mol. The van der Waals surface area contributed by atoms with Crippen LogP contribution in [-0.4, -0.2) is 15.8 Å². The van der Waals surface area contributed by atoms with Crippen molar-refractivity contribution >= 4 is 55.1 Å². The van der Waals surface area contributed by atoms with E-state index in [0.717, 1.165) is 0 Å². The number of carbonyl (C=O) groups excluding carboxylic acids is 1. The highest BCUT2D eigenvalue weighted by Gasteiger charge is 2.60. The van der Waals surface area contributed by atoms with Crippen LogP contribution < -0.4 is 10.8 Å². The van der Waals surface area contributed by atoms with Gasteiger partial charge in [0.15, 0.2) is 0 Å². The molecule has 0 radical (unpaired) electrons. The monoisotopic (exact) mass is 688 g/mol. The molecule has 1 aliphatic rings. The summed E-state index contributed by atoms with van der Waals surface area (Å²) >= 11 is 12.1. The minimum atomic E-state index is -5.48. The average molecular weight is 691 g/mol. The molecule has 1 heterocycles. The molecule has 0 saturated heterocycles. The lowest BCUT2D eigenvalue weighted by atomic mass is 9.88. The van der Waals surface area contributed by atoms with Gasteiger partial charge in [0.1, 0.15) is 3.74 Å². The van der Waals surface area contributed by atoms with Crippen molar-refractivity contribution in [1.29, 1.82) is 0 Å². The summed E-state index contributed by atoms with van der Waals surface area (Å²) in [4.78, 5) is 16.3. The quantitative estimate of drug-likeness (QED) is 0.254. The molecule has 1 atom stereocenters. The first-order chi connectivity index (χ1) is 16.8. The number of hydroxylamine groups is 1. The van der Waals surface area contributed by atoms with Gasteiger partial charge in [-0.1, -0.05) is 55.6 Å². The number of alkyl halides is 11. The molecular weight excluding hydrogens is 678 g/mol. The Labute approximate surface area is 224 Å². The molecule has 1 unspecified atom stereocenters. The number of carbonyl (C=O) groups is 1. The van der Waals surface area contributed by atoms with E-state index in [2.05, 4.69) is 42.0 Å². The van der Waals surface area contributed by atoms with Crippen molar-refractivity contribution in [3.05, 3.63) is 75.3 Å². The number of benzene rings is 2. The molecule has 0 aromatic heterocycles. The highest BCUT2D eigenvalue weighted by Crippen LogP contribution is 2.49. The van der Waals surface area contributed by atoms with Gasteiger partial charge in [-0.3, -0.25) is 15.1 Å². The Bertz CT molecular complexity index is 1200. The van der Waals surface area contributed by atoms with Gasteiger partial charge in [-0.25, -0.2) is 0 Å². The smallest absolute Gasteiger partial charge is 0.350 e. The van der Waals surface area contributed by atoms with Gasteiger partial charge >= 0.3 is 18.5 Å². The Morgan fingerprint density at radius 2 is 1.54 bits per heavy atom. The zero-order valence-corrected chi connectivity index (χ0v) is 21.6. The van der Waals surface area contributed by atoms with Crippen LogP contribution in [0.15, 0.2) is 42.5 Å². The molecular formula is C21H12Br2ClF9N2O2. The molecule has 1 amide bonds. The molecule has 16 heteroatoms. The number of hydrogen-bond acceptors (Lipinski definition) is 3. The van der Waals surface area contributed by atoms with Crippen LogP contribution in [0.5, 0.6) is 0 Å². The summed E-state index contributed by atoms with van der Waals surface area (Å²) < 4.78 is 121. The summed E-state index contributed by atoms with van der Waals surface area (Å²) in [7, 11) is 0. The average Bonchev–Trinajstić information content (AvgIpc) is 3.23. The standard InChI is InChI=1S/C21H12Br2ClF9N2O2/c22-16(23)17(36)34-8-10-2-1-9(3-14(10)24)15-7-18(37-35-15,21(31,32)33)11-4-12(19(25,26)27)6-13(5-11)20(28,29)30/h1-7,16,35H,8H2,(H,34,36). The van der Waals surface area contributed by atoms with E-state index in [1.165, 1.54) is 18.2 Å². The van der Waals surface area contributed by atoms with Gasteiger partial charge in [-0.15, -0.1) is 0 Å². The second-order valence-corrected chi connectivity index (χ2v) is 11.1. The van der Waals surface area contributed by atoms with E-state index in [1.807, 2.05) is 5.48 Å². The lowest BCUT2D eigenvalue weighted by Gasteiger charge is -2.29. The number of halogens is 12. The van der Waals surface area contributed by atoms with Crippen molar-refractivity contribution in [3.63, 3.8) is 0 Å². The topological polar surface area (TPSA) is 50.4 Å². The summed E-state index contributed by atoms with van der Waals surface area (Å²) in [6, 6.07) is 3.43. The third kappa shape index (κ3) is 6.37. The fourth-order valence-electron chi connectivity index (χ4n) is 3.27. The van der Waals surface area contributed by atoms with Crippen LogP contribution >= 0.6 is 43.5 Å². The van der Waals surface area contributed by atoms with E-state index in [0.29, 0.717) is 11.6 Å². The second kappa shape index (κ2) is 10.3. The van der Waals surface area contributed by atoms with E-state index in [4.69, 9.17) is 11.6 Å². The third-order valence-electron chi connectivity index (χ3n) is 5.12. The van der Waals surface area contributed by atoms with Crippen molar-refractivity contribution in [1.82, 2.24) is 10.8 Å². The number of amides is 1. The highest BCUT2D eigenvalue weighted by atomic mass is 79.9. The van der Waals surface area contributed by atoms with Gasteiger partial charge in [-0.2, -0.15) is 39.5 Å². The second-order valence-electron chi connectivity index (χ2n) is 7.61. The molecule has 0 saturated carbocycles. The van der Waals surface area contributed by atoms with E-state index < -0.39 is 56.2 Å². The molecule has 0 bridgehead atoms. The fraction of sp³-hybridized carbons (Fsp3) is 0.286. The minimum absolute atomic E-state index is 0.00382. The van der Waals surface area contributed by atoms with Crippen LogP contribution in [0.3, 0.4) is 0 Å². The number of rotatable bonds is 5. The van der Waals surface area contributed by atoms with Crippen molar-refractivity contribution in [2.75, 3.05) is 0 Å². The van der Waals surface area contributed by atoms with Crippen LogP contribution in [0.25, 0.3) is 5.70 Å². The van der Waals surface area contributed by atoms with Crippen molar-refractivity contribution in [2.45, 2.75) is 34.4 Å². The van der Waals surface area contributed by atoms with E-state index in [1.54, 1.807) is 0 Å². The van der Waals surface area contributed by atoms with Crippen molar-refractivity contribution < 1.29 is 49.1 Å². The van der Waals surface area contributed by atoms with Crippen LogP contribution in [0, 0.1) is 0 Å². The minimum Gasteiger partial charge on any atom is -0.350 e. The van der Waals surface area contributed by atoms with Crippen LogP contribution in [0.4, 0.5) is 39.5 Å². The van der Waals surface area contributed by atoms with Gasteiger partial charge < -0.3 is 5.32 Å². The molecule has 2 aromatic rings. The van der Waals surface area contributed by atoms with Crippen molar-refractivity contribution in [2.24, 2.45) is 0 Å². The Morgan fingerprint density at radius 1 is 0.973 bits per heavy atom. The molecule has 0 fully saturated rings. The van der Waals surface area contributed by atoms with Crippen molar-refractivity contribution in [3.8, 4) is 0 Å². The zero-order chi connectivity index (χ0) is 28.0. The maximum absolute atomic E-state index is 14.2. The summed E-state index contributed by atoms with van der Waals surface area (Å²) in [5.41, 5.74) is -7.13. The van der Waals surface area contributed by atoms with Gasteiger partial charge in [0.2, 0.25) is 11.5 Å². The molecule has 0 spiro atoms. The third-order valence-corrected chi connectivity index (χ3v) is 6.31. The fourth-order valence-corrected chi connectivity index (χ4v) is 3.84. The molecule has 37 heavy (non-hydrogen) atoms. The first kappa shape index (κ1) is 29.6. The summed E-state index contributed by atoms with van der Waals surface area (Å²) in [6.45, 7) is -0.0500. The van der Waals surface area contributed by atoms with E-state index in [-0.39, 0.29) is 35.3 Å².